The Bertz CT molecular complexity index is 764. The van der Waals surface area contributed by atoms with E-state index in [2.05, 4.69) is 61.6 Å². The van der Waals surface area contributed by atoms with E-state index >= 15 is 0 Å². The van der Waals surface area contributed by atoms with Crippen molar-refractivity contribution in [3.8, 4) is 5.69 Å². The van der Waals surface area contributed by atoms with E-state index in [0.717, 1.165) is 39.1 Å². The van der Waals surface area contributed by atoms with Gasteiger partial charge in [0, 0.05) is 57.8 Å². The highest BCUT2D eigenvalue weighted by Gasteiger charge is 2.30. The summed E-state index contributed by atoms with van der Waals surface area (Å²) in [7, 11) is 0. The van der Waals surface area contributed by atoms with Gasteiger partial charge in [-0.15, -0.1) is 0 Å². The maximum absolute atomic E-state index is 9.60. The average Bonchev–Trinajstić information content (AvgIpc) is 3.13. The van der Waals surface area contributed by atoms with Gasteiger partial charge in [0.25, 0.3) is 0 Å². The largest absolute Gasteiger partial charge is 0.396 e. The van der Waals surface area contributed by atoms with Crippen LogP contribution in [0.2, 0.25) is 0 Å². The van der Waals surface area contributed by atoms with Crippen molar-refractivity contribution >= 4 is 0 Å². The number of aromatic nitrogens is 2. The Kier molecular flexibility index (Phi) is 6.58. The molecule has 1 aromatic heterocycles. The molecule has 5 nitrogen and oxygen atoms in total. The topological polar surface area (TPSA) is 44.5 Å². The molecule has 1 fully saturated rings. The van der Waals surface area contributed by atoms with Crippen LogP contribution in [0.4, 0.5) is 0 Å². The van der Waals surface area contributed by atoms with Crippen molar-refractivity contribution in [2.45, 2.75) is 53.6 Å². The first-order chi connectivity index (χ1) is 13.3. The number of benzene rings is 1. The zero-order valence-electron chi connectivity index (χ0n) is 18.1. The van der Waals surface area contributed by atoms with Gasteiger partial charge in [-0.3, -0.25) is 9.80 Å². The van der Waals surface area contributed by atoms with E-state index in [1.165, 1.54) is 22.4 Å². The van der Waals surface area contributed by atoms with E-state index in [4.69, 9.17) is 0 Å². The van der Waals surface area contributed by atoms with Crippen LogP contribution in [0.25, 0.3) is 5.69 Å². The van der Waals surface area contributed by atoms with E-state index in [9.17, 15) is 5.11 Å². The fraction of sp³-hybridized carbons (Fsp3) is 0.609. The van der Waals surface area contributed by atoms with Crippen LogP contribution < -0.4 is 0 Å². The molecule has 1 saturated heterocycles. The number of hydrogen-bond acceptors (Lipinski definition) is 4. The molecule has 154 valence electrons. The highest BCUT2D eigenvalue weighted by atomic mass is 16.3. The van der Waals surface area contributed by atoms with Crippen molar-refractivity contribution in [3.63, 3.8) is 0 Å². The van der Waals surface area contributed by atoms with Gasteiger partial charge in [-0.05, 0) is 54.5 Å². The van der Waals surface area contributed by atoms with Crippen LogP contribution in [0.15, 0.2) is 30.6 Å². The quantitative estimate of drug-likeness (QED) is 0.829. The summed E-state index contributed by atoms with van der Waals surface area (Å²) in [6, 6.07) is 6.89. The van der Waals surface area contributed by atoms with Gasteiger partial charge in [0.05, 0.1) is 5.69 Å². The SMILES string of the molecule is Cc1cc(C)c(CN2CCN(CC(C)(C)C)C(CCO)C2)c(-n2cccn2)c1. The lowest BCUT2D eigenvalue weighted by molar-refractivity contribution is 0.0339. The van der Waals surface area contributed by atoms with Gasteiger partial charge >= 0.3 is 0 Å². The van der Waals surface area contributed by atoms with Crippen LogP contribution in [-0.2, 0) is 6.54 Å². The van der Waals surface area contributed by atoms with Gasteiger partial charge in [-0.25, -0.2) is 4.68 Å². The Hall–Kier alpha value is -1.69. The predicted molar refractivity (Wildman–Crippen MR) is 115 cm³/mol. The molecule has 1 aliphatic rings. The number of rotatable bonds is 6. The number of nitrogens with zero attached hydrogens (tertiary/aromatic N) is 4. The summed E-state index contributed by atoms with van der Waals surface area (Å²) in [6.07, 6.45) is 4.70. The maximum atomic E-state index is 9.60. The monoisotopic (exact) mass is 384 g/mol. The molecule has 28 heavy (non-hydrogen) atoms. The van der Waals surface area contributed by atoms with Crippen molar-refractivity contribution in [1.29, 1.82) is 0 Å². The third-order valence-corrected chi connectivity index (χ3v) is 5.56. The second-order valence-electron chi connectivity index (χ2n) is 9.46. The Morgan fingerprint density at radius 1 is 1.18 bits per heavy atom. The minimum atomic E-state index is 0.251. The molecular weight excluding hydrogens is 348 g/mol. The molecule has 3 rings (SSSR count). The first kappa shape index (κ1) is 21.0. The van der Waals surface area contributed by atoms with E-state index in [0.29, 0.717) is 6.04 Å². The van der Waals surface area contributed by atoms with Gasteiger partial charge in [0.15, 0.2) is 0 Å². The van der Waals surface area contributed by atoms with Gasteiger partial charge in [-0.1, -0.05) is 26.8 Å². The number of piperazine rings is 1. The zero-order chi connectivity index (χ0) is 20.3. The summed E-state index contributed by atoms with van der Waals surface area (Å²) in [5, 5.41) is 14.1. The van der Waals surface area contributed by atoms with Crippen LogP contribution in [0.3, 0.4) is 0 Å². The van der Waals surface area contributed by atoms with Gasteiger partial charge in [0.2, 0.25) is 0 Å². The van der Waals surface area contributed by atoms with Crippen molar-refractivity contribution in [3.05, 3.63) is 47.3 Å². The van der Waals surface area contributed by atoms with Crippen molar-refractivity contribution < 1.29 is 5.11 Å². The van der Waals surface area contributed by atoms with Crippen molar-refractivity contribution in [2.24, 2.45) is 5.41 Å². The van der Waals surface area contributed by atoms with Crippen molar-refractivity contribution in [2.75, 3.05) is 32.8 Å². The zero-order valence-corrected chi connectivity index (χ0v) is 18.1. The van der Waals surface area contributed by atoms with Gasteiger partial charge < -0.3 is 5.11 Å². The van der Waals surface area contributed by atoms with E-state index in [1.807, 2.05) is 23.1 Å². The Morgan fingerprint density at radius 2 is 1.96 bits per heavy atom. The molecule has 1 atom stereocenters. The van der Waals surface area contributed by atoms with Crippen LogP contribution in [-0.4, -0.2) is 63.5 Å². The first-order valence-electron chi connectivity index (χ1n) is 10.4. The molecule has 1 aliphatic heterocycles. The molecule has 1 aromatic carbocycles. The van der Waals surface area contributed by atoms with E-state index in [-0.39, 0.29) is 12.0 Å². The van der Waals surface area contributed by atoms with Crippen LogP contribution >= 0.6 is 0 Å². The molecule has 5 heteroatoms. The Morgan fingerprint density at radius 3 is 2.61 bits per heavy atom. The molecule has 0 radical (unpaired) electrons. The molecule has 0 bridgehead atoms. The average molecular weight is 385 g/mol. The molecule has 2 aromatic rings. The Balaban J connectivity index is 1.79. The summed E-state index contributed by atoms with van der Waals surface area (Å²) < 4.78 is 1.98. The summed E-state index contributed by atoms with van der Waals surface area (Å²) in [5.74, 6) is 0. The van der Waals surface area contributed by atoms with E-state index in [1.54, 1.807) is 0 Å². The second kappa shape index (κ2) is 8.76. The van der Waals surface area contributed by atoms with Crippen molar-refractivity contribution in [1.82, 2.24) is 19.6 Å². The smallest absolute Gasteiger partial charge is 0.0695 e. The Labute approximate surface area is 170 Å². The van der Waals surface area contributed by atoms with Crippen LogP contribution in [0.1, 0.15) is 43.9 Å². The fourth-order valence-electron chi connectivity index (χ4n) is 4.36. The summed E-state index contributed by atoms with van der Waals surface area (Å²) >= 11 is 0. The molecule has 0 aliphatic carbocycles. The maximum Gasteiger partial charge on any atom is 0.0695 e. The predicted octanol–water partition coefficient (Wildman–Crippen LogP) is 3.40. The lowest BCUT2D eigenvalue weighted by Crippen LogP contribution is -2.55. The molecule has 0 amide bonds. The minimum absolute atomic E-state index is 0.251. The molecular formula is C23H36N4O. The van der Waals surface area contributed by atoms with E-state index < -0.39 is 0 Å². The molecule has 1 N–H and O–H groups in total. The third kappa shape index (κ3) is 5.22. The fourth-order valence-corrected chi connectivity index (χ4v) is 4.36. The highest BCUT2D eigenvalue weighted by Crippen LogP contribution is 2.26. The molecule has 1 unspecified atom stereocenters. The number of aliphatic hydroxyl groups excluding tert-OH is 1. The minimum Gasteiger partial charge on any atom is -0.396 e. The number of aryl methyl sites for hydroxylation is 2. The number of hydrogen-bond donors (Lipinski definition) is 1. The molecule has 0 spiro atoms. The summed E-state index contributed by atoms with van der Waals surface area (Å²) in [5.41, 5.74) is 5.39. The highest BCUT2D eigenvalue weighted by molar-refractivity contribution is 5.48. The lowest BCUT2D eigenvalue weighted by Gasteiger charge is -2.44. The normalized spacial score (nSPS) is 19.3. The van der Waals surface area contributed by atoms with Crippen LogP contribution in [0.5, 0.6) is 0 Å². The first-order valence-corrected chi connectivity index (χ1v) is 10.4. The van der Waals surface area contributed by atoms with Crippen LogP contribution in [0, 0.1) is 19.3 Å². The number of aliphatic hydroxyl groups is 1. The summed E-state index contributed by atoms with van der Waals surface area (Å²) in [6.45, 7) is 16.6. The van der Waals surface area contributed by atoms with Gasteiger partial charge in [-0.2, -0.15) is 5.10 Å². The second-order valence-corrected chi connectivity index (χ2v) is 9.46. The van der Waals surface area contributed by atoms with Gasteiger partial charge in [0.1, 0.15) is 0 Å². The molecule has 2 heterocycles. The molecule has 0 saturated carbocycles. The summed E-state index contributed by atoms with van der Waals surface area (Å²) in [4.78, 5) is 5.12. The lowest BCUT2D eigenvalue weighted by atomic mass is 9.94. The standard InChI is InChI=1S/C23H36N4O/c1-18-13-19(2)21(22(14-18)27-9-6-8-24-27)16-25-10-11-26(17-23(3,4)5)20(15-25)7-12-28/h6,8-9,13-14,20,28H,7,10-12,15-17H2,1-5H3. The third-order valence-electron chi connectivity index (χ3n) is 5.56.